The Kier molecular flexibility index (Phi) is 3.44. The highest BCUT2D eigenvalue weighted by molar-refractivity contribution is 7.13. The van der Waals surface area contributed by atoms with Crippen molar-refractivity contribution in [1.82, 2.24) is 9.78 Å². The van der Waals surface area contributed by atoms with E-state index in [1.54, 1.807) is 6.07 Å². The third-order valence-corrected chi connectivity index (χ3v) is 3.55. The number of furan rings is 1. The lowest BCUT2D eigenvalue weighted by Crippen LogP contribution is -2.16. The first-order valence-electron chi connectivity index (χ1n) is 5.96. The van der Waals surface area contributed by atoms with Gasteiger partial charge in [-0.25, -0.2) is 9.59 Å². The SMILES string of the molecule is COC(=O)c1ccc(Cn2nc(-c3cccs3)oc2=O)o1. The summed E-state index contributed by atoms with van der Waals surface area (Å²) in [5.74, 6) is -0.428. The maximum atomic E-state index is 11.7. The number of esters is 1. The first-order valence-corrected chi connectivity index (χ1v) is 6.84. The lowest BCUT2D eigenvalue weighted by molar-refractivity contribution is 0.0562. The van der Waals surface area contributed by atoms with Gasteiger partial charge in [0.25, 0.3) is 5.89 Å². The highest BCUT2D eigenvalue weighted by atomic mass is 32.1. The van der Waals surface area contributed by atoms with Crippen LogP contribution in [0, 0.1) is 0 Å². The van der Waals surface area contributed by atoms with Crippen LogP contribution in [0.15, 0.2) is 43.3 Å². The van der Waals surface area contributed by atoms with Crippen molar-refractivity contribution in [3.8, 4) is 10.8 Å². The Morgan fingerprint density at radius 1 is 1.38 bits per heavy atom. The van der Waals surface area contributed by atoms with Gasteiger partial charge in [-0.05, 0) is 23.6 Å². The first-order chi connectivity index (χ1) is 10.2. The van der Waals surface area contributed by atoms with E-state index in [0.717, 1.165) is 9.56 Å². The minimum absolute atomic E-state index is 0.0718. The number of thiophene rings is 1. The monoisotopic (exact) mass is 306 g/mol. The van der Waals surface area contributed by atoms with Crippen molar-refractivity contribution in [2.24, 2.45) is 0 Å². The summed E-state index contributed by atoms with van der Waals surface area (Å²) in [6.45, 7) is 0.0741. The van der Waals surface area contributed by atoms with Crippen molar-refractivity contribution in [2.75, 3.05) is 7.11 Å². The number of hydrogen-bond donors (Lipinski definition) is 0. The standard InChI is InChI=1S/C13H10N2O5S/c1-18-12(16)9-5-4-8(19-9)7-15-13(17)20-11(14-15)10-3-2-6-21-10/h2-6H,7H2,1H3. The van der Waals surface area contributed by atoms with Gasteiger partial charge >= 0.3 is 11.7 Å². The summed E-state index contributed by atoms with van der Waals surface area (Å²) in [7, 11) is 1.26. The van der Waals surface area contributed by atoms with Crippen LogP contribution in [0.4, 0.5) is 0 Å². The summed E-state index contributed by atoms with van der Waals surface area (Å²) in [6, 6.07) is 6.71. The van der Waals surface area contributed by atoms with Crippen molar-refractivity contribution < 1.29 is 18.4 Å². The molecule has 8 heteroatoms. The molecule has 0 aliphatic carbocycles. The van der Waals surface area contributed by atoms with Gasteiger partial charge in [-0.1, -0.05) is 6.07 Å². The van der Waals surface area contributed by atoms with Crippen molar-refractivity contribution >= 4 is 17.3 Å². The van der Waals surface area contributed by atoms with Crippen molar-refractivity contribution in [2.45, 2.75) is 6.54 Å². The summed E-state index contributed by atoms with van der Waals surface area (Å²) >= 11 is 1.42. The Labute approximate surface area is 122 Å². The quantitative estimate of drug-likeness (QED) is 0.685. The molecule has 3 aromatic heterocycles. The number of carbonyl (C=O) groups excluding carboxylic acids is 1. The minimum Gasteiger partial charge on any atom is -0.463 e. The van der Waals surface area contributed by atoms with Gasteiger partial charge < -0.3 is 13.6 Å². The lowest BCUT2D eigenvalue weighted by atomic mass is 10.4. The van der Waals surface area contributed by atoms with Crippen LogP contribution in [-0.2, 0) is 11.3 Å². The van der Waals surface area contributed by atoms with Crippen LogP contribution in [0.3, 0.4) is 0 Å². The molecule has 7 nitrogen and oxygen atoms in total. The molecule has 0 unspecified atom stereocenters. The van der Waals surface area contributed by atoms with Crippen LogP contribution in [0.1, 0.15) is 16.3 Å². The topological polar surface area (TPSA) is 87.5 Å². The highest BCUT2D eigenvalue weighted by Gasteiger charge is 2.15. The average molecular weight is 306 g/mol. The van der Waals surface area contributed by atoms with E-state index in [1.165, 1.54) is 24.5 Å². The second-order valence-electron chi connectivity index (χ2n) is 4.07. The number of carbonyl (C=O) groups is 1. The molecule has 0 atom stereocenters. The number of nitrogens with zero attached hydrogens (tertiary/aromatic N) is 2. The molecule has 0 saturated carbocycles. The van der Waals surface area contributed by atoms with E-state index in [1.807, 2.05) is 17.5 Å². The average Bonchev–Trinajstić information content (AvgIpc) is 3.20. The maximum absolute atomic E-state index is 11.7. The molecule has 0 radical (unpaired) electrons. The number of rotatable bonds is 4. The third-order valence-electron chi connectivity index (χ3n) is 2.69. The minimum atomic E-state index is -0.589. The Balaban J connectivity index is 1.84. The molecule has 108 valence electrons. The molecular weight excluding hydrogens is 296 g/mol. The van der Waals surface area contributed by atoms with Gasteiger partial charge in [0, 0.05) is 0 Å². The molecule has 0 aliphatic rings. The maximum Gasteiger partial charge on any atom is 0.437 e. The van der Waals surface area contributed by atoms with Crippen LogP contribution in [0.2, 0.25) is 0 Å². The van der Waals surface area contributed by atoms with Gasteiger partial charge in [-0.2, -0.15) is 4.68 Å². The summed E-state index contributed by atoms with van der Waals surface area (Å²) in [4.78, 5) is 23.8. The van der Waals surface area contributed by atoms with Crippen molar-refractivity contribution in [3.05, 3.63) is 51.7 Å². The zero-order valence-electron chi connectivity index (χ0n) is 10.9. The van der Waals surface area contributed by atoms with Crippen molar-refractivity contribution in [1.29, 1.82) is 0 Å². The molecule has 3 heterocycles. The van der Waals surface area contributed by atoms with E-state index in [9.17, 15) is 9.59 Å². The van der Waals surface area contributed by atoms with E-state index in [4.69, 9.17) is 8.83 Å². The van der Waals surface area contributed by atoms with Crippen LogP contribution in [0.25, 0.3) is 10.8 Å². The molecular formula is C13H10N2O5S. The lowest BCUT2D eigenvalue weighted by Gasteiger charge is -1.95. The van der Waals surface area contributed by atoms with Gasteiger partial charge in [0.2, 0.25) is 5.76 Å². The smallest absolute Gasteiger partial charge is 0.437 e. The number of hydrogen-bond acceptors (Lipinski definition) is 7. The zero-order chi connectivity index (χ0) is 14.8. The summed E-state index contributed by atoms with van der Waals surface area (Å²) in [5.41, 5.74) is 0. The molecule has 0 aromatic carbocycles. The summed E-state index contributed by atoms with van der Waals surface area (Å²) < 4.78 is 16.0. The fourth-order valence-electron chi connectivity index (χ4n) is 1.73. The summed E-state index contributed by atoms with van der Waals surface area (Å²) in [5, 5.41) is 5.96. The van der Waals surface area contributed by atoms with Gasteiger partial charge in [-0.3, -0.25) is 0 Å². The Hall–Kier alpha value is -2.61. The predicted molar refractivity (Wildman–Crippen MR) is 73.2 cm³/mol. The third kappa shape index (κ3) is 2.65. The second-order valence-corrected chi connectivity index (χ2v) is 5.01. The largest absolute Gasteiger partial charge is 0.463 e. The van der Waals surface area contributed by atoms with Crippen LogP contribution in [-0.4, -0.2) is 22.9 Å². The van der Waals surface area contributed by atoms with E-state index in [-0.39, 0.29) is 18.2 Å². The Bertz CT molecular complexity index is 812. The van der Waals surface area contributed by atoms with E-state index < -0.39 is 11.7 Å². The molecule has 21 heavy (non-hydrogen) atoms. The van der Waals surface area contributed by atoms with Gasteiger partial charge in [0.15, 0.2) is 0 Å². The molecule has 0 saturated heterocycles. The second kappa shape index (κ2) is 5.41. The zero-order valence-corrected chi connectivity index (χ0v) is 11.8. The summed E-state index contributed by atoms with van der Waals surface area (Å²) in [6.07, 6.45) is 0. The Morgan fingerprint density at radius 3 is 2.95 bits per heavy atom. The first kappa shape index (κ1) is 13.4. The molecule has 3 rings (SSSR count). The fourth-order valence-corrected chi connectivity index (χ4v) is 2.37. The van der Waals surface area contributed by atoms with E-state index >= 15 is 0 Å². The Morgan fingerprint density at radius 2 is 2.24 bits per heavy atom. The molecule has 0 fully saturated rings. The van der Waals surface area contributed by atoms with E-state index in [2.05, 4.69) is 9.84 Å². The number of aromatic nitrogens is 2. The van der Waals surface area contributed by atoms with Gasteiger partial charge in [0.1, 0.15) is 12.3 Å². The fraction of sp³-hybridized carbons (Fsp3) is 0.154. The molecule has 0 aliphatic heterocycles. The van der Waals surface area contributed by atoms with Crippen LogP contribution in [0.5, 0.6) is 0 Å². The van der Waals surface area contributed by atoms with Gasteiger partial charge in [-0.15, -0.1) is 16.4 Å². The predicted octanol–water partition coefficient (Wildman–Crippen LogP) is 1.99. The molecule has 0 amide bonds. The van der Waals surface area contributed by atoms with E-state index in [0.29, 0.717) is 5.76 Å². The molecule has 0 spiro atoms. The molecule has 0 N–H and O–H groups in total. The number of ether oxygens (including phenoxy) is 1. The van der Waals surface area contributed by atoms with Gasteiger partial charge in [0.05, 0.1) is 12.0 Å². The number of methoxy groups -OCH3 is 1. The highest BCUT2D eigenvalue weighted by Crippen LogP contribution is 2.21. The molecule has 0 bridgehead atoms. The van der Waals surface area contributed by atoms with Crippen LogP contribution < -0.4 is 5.76 Å². The van der Waals surface area contributed by atoms with Crippen molar-refractivity contribution in [3.63, 3.8) is 0 Å². The molecule has 3 aromatic rings. The van der Waals surface area contributed by atoms with Crippen LogP contribution >= 0.6 is 11.3 Å². The normalized spacial score (nSPS) is 10.7.